The second-order valence-electron chi connectivity index (χ2n) is 2.55. The molecule has 0 amide bonds. The maximum atomic E-state index is 4.91. The summed E-state index contributed by atoms with van der Waals surface area (Å²) in [6, 6.07) is 0. The fourth-order valence-corrected chi connectivity index (χ4v) is 0.746. The minimum Gasteiger partial charge on any atom is -0.341 e. The Hall–Kier alpha value is -0.700. The van der Waals surface area contributed by atoms with Gasteiger partial charge >= 0.3 is 0 Å². The highest BCUT2D eigenvalue weighted by Gasteiger charge is 2.12. The topological polar surface area (TPSA) is 34.0 Å². The van der Waals surface area contributed by atoms with Gasteiger partial charge in [0.1, 0.15) is 0 Å². The third-order valence-electron chi connectivity index (χ3n) is 1.40. The maximum Gasteiger partial charge on any atom is 0.245 e. The van der Waals surface area contributed by atoms with Crippen LogP contribution in [0.2, 0.25) is 0 Å². The monoisotopic (exact) mass is 140 g/mol. The molecule has 0 aromatic heterocycles. The number of aliphatic imine (C=N–C) groups is 2. The highest BCUT2D eigenvalue weighted by Crippen LogP contribution is 2.06. The first kappa shape index (κ1) is 7.41. The van der Waals surface area contributed by atoms with Crippen molar-refractivity contribution in [2.24, 2.45) is 15.9 Å². The van der Waals surface area contributed by atoms with Gasteiger partial charge in [0, 0.05) is 13.3 Å². The number of hydrogen-bond acceptors (Lipinski definition) is 3. The lowest BCUT2D eigenvalue weighted by molar-refractivity contribution is 0.121. The predicted molar refractivity (Wildman–Crippen MR) is 41.6 cm³/mol. The summed E-state index contributed by atoms with van der Waals surface area (Å²) in [5.74, 6) is 0.448. The van der Waals surface area contributed by atoms with Crippen LogP contribution in [0.25, 0.3) is 0 Å². The van der Waals surface area contributed by atoms with Gasteiger partial charge in [-0.15, -0.1) is 0 Å². The smallest absolute Gasteiger partial charge is 0.245 e. The fraction of sp³-hybridized carbons (Fsp3) is 0.714. The lowest BCUT2D eigenvalue weighted by Crippen LogP contribution is -2.06. The van der Waals surface area contributed by atoms with E-state index in [4.69, 9.17) is 4.74 Å². The Bertz CT molecular complexity index is 172. The van der Waals surface area contributed by atoms with Gasteiger partial charge in [-0.3, -0.25) is 0 Å². The first-order valence-corrected chi connectivity index (χ1v) is 3.37. The van der Waals surface area contributed by atoms with Gasteiger partial charge in [0.2, 0.25) is 6.35 Å². The second-order valence-corrected chi connectivity index (χ2v) is 2.55. The summed E-state index contributed by atoms with van der Waals surface area (Å²) in [5.41, 5.74) is 1.02. The van der Waals surface area contributed by atoms with Gasteiger partial charge in [0.25, 0.3) is 0 Å². The second kappa shape index (κ2) is 2.92. The molecule has 0 aliphatic carbocycles. The molecule has 1 heterocycles. The maximum absolute atomic E-state index is 4.91. The van der Waals surface area contributed by atoms with Crippen LogP contribution in [0, 0.1) is 5.92 Å². The van der Waals surface area contributed by atoms with E-state index >= 15 is 0 Å². The molecule has 0 N–H and O–H groups in total. The van der Waals surface area contributed by atoms with Crippen molar-refractivity contribution < 1.29 is 4.74 Å². The Morgan fingerprint density at radius 3 is 2.60 bits per heavy atom. The molecule has 0 radical (unpaired) electrons. The zero-order chi connectivity index (χ0) is 7.56. The lowest BCUT2D eigenvalue weighted by atomic mass is 10.1. The normalized spacial score (nSPS) is 24.0. The van der Waals surface area contributed by atoms with Gasteiger partial charge in [-0.05, 0) is 5.92 Å². The molecule has 1 rings (SSSR count). The third-order valence-corrected chi connectivity index (χ3v) is 1.40. The van der Waals surface area contributed by atoms with E-state index in [0.29, 0.717) is 5.92 Å². The van der Waals surface area contributed by atoms with Crippen molar-refractivity contribution in [3.63, 3.8) is 0 Å². The third kappa shape index (κ3) is 1.42. The van der Waals surface area contributed by atoms with E-state index in [1.165, 1.54) is 0 Å². The van der Waals surface area contributed by atoms with Crippen LogP contribution in [0.4, 0.5) is 0 Å². The minimum absolute atomic E-state index is 0.280. The van der Waals surface area contributed by atoms with Crippen molar-refractivity contribution in [1.82, 2.24) is 0 Å². The zero-order valence-electron chi connectivity index (χ0n) is 6.53. The van der Waals surface area contributed by atoms with E-state index < -0.39 is 0 Å². The molecule has 0 fully saturated rings. The molecular formula is C7H12N2O. The molecule has 0 bridgehead atoms. The van der Waals surface area contributed by atoms with Crippen LogP contribution in [0.5, 0.6) is 0 Å². The Morgan fingerprint density at radius 1 is 1.60 bits per heavy atom. The average Bonchev–Trinajstić information content (AvgIpc) is 2.34. The largest absolute Gasteiger partial charge is 0.341 e. The van der Waals surface area contributed by atoms with Crippen molar-refractivity contribution in [3.05, 3.63) is 0 Å². The summed E-state index contributed by atoms with van der Waals surface area (Å²) in [4.78, 5) is 8.18. The molecule has 1 atom stereocenters. The van der Waals surface area contributed by atoms with Gasteiger partial charge in [0.15, 0.2) is 0 Å². The molecule has 0 aromatic rings. The van der Waals surface area contributed by atoms with Crippen molar-refractivity contribution in [2.75, 3.05) is 7.11 Å². The van der Waals surface area contributed by atoms with Crippen LogP contribution in [-0.4, -0.2) is 25.4 Å². The molecular weight excluding hydrogens is 128 g/mol. The molecule has 0 spiro atoms. The molecule has 56 valence electrons. The molecule has 3 heteroatoms. The molecule has 1 aliphatic rings. The Morgan fingerprint density at radius 2 is 2.30 bits per heavy atom. The first-order valence-electron chi connectivity index (χ1n) is 3.37. The van der Waals surface area contributed by atoms with Crippen molar-refractivity contribution >= 4 is 11.9 Å². The Kier molecular flexibility index (Phi) is 2.17. The van der Waals surface area contributed by atoms with Crippen molar-refractivity contribution in [1.29, 1.82) is 0 Å². The highest BCUT2D eigenvalue weighted by molar-refractivity contribution is 6.32. The van der Waals surface area contributed by atoms with Gasteiger partial charge in [-0.1, -0.05) is 13.8 Å². The summed E-state index contributed by atoms with van der Waals surface area (Å²) in [5, 5.41) is 0. The molecule has 0 saturated heterocycles. The van der Waals surface area contributed by atoms with Gasteiger partial charge in [0.05, 0.1) is 5.71 Å². The predicted octanol–water partition coefficient (Wildman–Crippen LogP) is 1.10. The van der Waals surface area contributed by atoms with Crippen LogP contribution in [0.3, 0.4) is 0 Å². The number of hydrogen-bond donors (Lipinski definition) is 0. The van der Waals surface area contributed by atoms with Crippen LogP contribution in [-0.2, 0) is 4.74 Å². The van der Waals surface area contributed by atoms with Gasteiger partial charge in [-0.25, -0.2) is 9.98 Å². The first-order chi connectivity index (χ1) is 4.74. The molecule has 1 aliphatic heterocycles. The number of methoxy groups -OCH3 is 1. The summed E-state index contributed by atoms with van der Waals surface area (Å²) in [6.45, 7) is 4.17. The van der Waals surface area contributed by atoms with Crippen LogP contribution in [0.1, 0.15) is 13.8 Å². The number of rotatable bonds is 2. The zero-order valence-corrected chi connectivity index (χ0v) is 6.53. The standard InChI is InChI=1S/C7H12N2O/c1-5(2)6-4-8-7(9-6)10-3/h4-5,7H,1-3H3. The van der Waals surface area contributed by atoms with Crippen molar-refractivity contribution in [2.45, 2.75) is 20.2 Å². The van der Waals surface area contributed by atoms with Crippen LogP contribution in [0.15, 0.2) is 9.98 Å². The molecule has 3 nitrogen and oxygen atoms in total. The molecule has 10 heavy (non-hydrogen) atoms. The van der Waals surface area contributed by atoms with Gasteiger partial charge in [-0.2, -0.15) is 0 Å². The fourth-order valence-electron chi connectivity index (χ4n) is 0.746. The number of nitrogens with zero attached hydrogens (tertiary/aromatic N) is 2. The van der Waals surface area contributed by atoms with Crippen LogP contribution < -0.4 is 0 Å². The Balaban J connectivity index is 2.59. The van der Waals surface area contributed by atoms with Gasteiger partial charge < -0.3 is 4.74 Å². The van der Waals surface area contributed by atoms with E-state index in [9.17, 15) is 0 Å². The summed E-state index contributed by atoms with van der Waals surface area (Å²) in [7, 11) is 1.61. The van der Waals surface area contributed by atoms with E-state index in [0.717, 1.165) is 5.71 Å². The SMILES string of the molecule is COC1N=CC(C(C)C)=N1. The van der Waals surface area contributed by atoms with E-state index in [1.807, 2.05) is 0 Å². The minimum atomic E-state index is -0.280. The van der Waals surface area contributed by atoms with E-state index in [1.54, 1.807) is 13.3 Å². The molecule has 0 aromatic carbocycles. The number of ether oxygens (including phenoxy) is 1. The van der Waals surface area contributed by atoms with E-state index in [2.05, 4.69) is 23.8 Å². The van der Waals surface area contributed by atoms with Crippen LogP contribution >= 0.6 is 0 Å². The summed E-state index contributed by atoms with van der Waals surface area (Å²) in [6.07, 6.45) is 1.50. The lowest BCUT2D eigenvalue weighted by Gasteiger charge is -2.00. The molecule has 0 saturated carbocycles. The average molecular weight is 140 g/mol. The summed E-state index contributed by atoms with van der Waals surface area (Å²) < 4.78 is 4.91. The van der Waals surface area contributed by atoms with E-state index in [-0.39, 0.29) is 6.35 Å². The highest BCUT2D eigenvalue weighted by atomic mass is 16.5. The summed E-state index contributed by atoms with van der Waals surface area (Å²) >= 11 is 0. The molecule has 1 unspecified atom stereocenters. The Labute approximate surface area is 60.8 Å². The van der Waals surface area contributed by atoms with Crippen molar-refractivity contribution in [3.8, 4) is 0 Å². The quantitative estimate of drug-likeness (QED) is 0.565.